The molecule has 1 atom stereocenters. The van der Waals surface area contributed by atoms with E-state index in [1.165, 1.54) is 4.90 Å². The highest BCUT2D eigenvalue weighted by atomic mass is 16.4. The molecule has 8 heteroatoms. The third-order valence-electron chi connectivity index (χ3n) is 3.55. The van der Waals surface area contributed by atoms with E-state index < -0.39 is 12.0 Å². The summed E-state index contributed by atoms with van der Waals surface area (Å²) in [5.74, 6) is -1.22. The van der Waals surface area contributed by atoms with Gasteiger partial charge in [0.2, 0.25) is 5.91 Å². The maximum atomic E-state index is 12.0. The summed E-state index contributed by atoms with van der Waals surface area (Å²) in [6, 6.07) is -0.717. The summed E-state index contributed by atoms with van der Waals surface area (Å²) < 4.78 is 0. The predicted octanol–water partition coefficient (Wildman–Crippen LogP) is -0.687. The molecule has 1 rings (SSSR count). The molecule has 0 saturated carbocycles. The summed E-state index contributed by atoms with van der Waals surface area (Å²) in [4.78, 5) is 37.7. The molecule has 0 aromatic carbocycles. The van der Waals surface area contributed by atoms with Crippen LogP contribution in [0.3, 0.4) is 0 Å². The van der Waals surface area contributed by atoms with E-state index in [1.54, 1.807) is 11.8 Å². The molecule has 120 valence electrons. The van der Waals surface area contributed by atoms with Crippen LogP contribution in [0.15, 0.2) is 0 Å². The van der Waals surface area contributed by atoms with Crippen LogP contribution in [0.5, 0.6) is 0 Å². The third-order valence-corrected chi connectivity index (χ3v) is 3.55. The number of rotatable bonds is 6. The smallest absolute Gasteiger partial charge is 0.323 e. The first kappa shape index (κ1) is 17.2. The van der Waals surface area contributed by atoms with E-state index in [0.717, 1.165) is 13.1 Å². The second-order valence-electron chi connectivity index (χ2n) is 5.07. The highest BCUT2D eigenvalue weighted by Crippen LogP contribution is 2.03. The largest absolute Gasteiger partial charge is 0.480 e. The van der Waals surface area contributed by atoms with Crippen molar-refractivity contribution < 1.29 is 19.5 Å². The average Bonchev–Trinajstić information content (AvgIpc) is 2.49. The highest BCUT2D eigenvalue weighted by molar-refractivity contribution is 5.85. The maximum absolute atomic E-state index is 12.0. The van der Waals surface area contributed by atoms with Gasteiger partial charge in [-0.1, -0.05) is 6.92 Å². The Bertz CT molecular complexity index is 382. The Hall–Kier alpha value is -1.83. The highest BCUT2D eigenvalue weighted by Gasteiger charge is 2.23. The average molecular weight is 300 g/mol. The van der Waals surface area contributed by atoms with Crippen LogP contribution in [0.4, 0.5) is 4.79 Å². The Morgan fingerprint density at radius 2 is 1.95 bits per heavy atom. The minimum Gasteiger partial charge on any atom is -0.480 e. The van der Waals surface area contributed by atoms with Gasteiger partial charge in [-0.2, -0.15) is 0 Å². The van der Waals surface area contributed by atoms with Gasteiger partial charge in [-0.3, -0.25) is 9.59 Å². The summed E-state index contributed by atoms with van der Waals surface area (Å²) in [5, 5.41) is 14.5. The first-order chi connectivity index (χ1) is 9.95. The van der Waals surface area contributed by atoms with Crippen molar-refractivity contribution in [2.24, 2.45) is 0 Å². The topological polar surface area (TPSA) is 102 Å². The van der Waals surface area contributed by atoms with E-state index in [0.29, 0.717) is 19.5 Å². The lowest BCUT2D eigenvalue weighted by Gasteiger charge is -2.29. The number of piperazine rings is 1. The number of hydrogen-bond acceptors (Lipinski definition) is 4. The molecule has 8 nitrogen and oxygen atoms in total. The number of carbonyl (C=O) groups excluding carboxylic acids is 2. The van der Waals surface area contributed by atoms with Gasteiger partial charge in [-0.05, 0) is 13.3 Å². The van der Waals surface area contributed by atoms with E-state index in [4.69, 9.17) is 5.11 Å². The van der Waals surface area contributed by atoms with Crippen LogP contribution in [-0.2, 0) is 9.59 Å². The number of urea groups is 1. The molecule has 0 aromatic rings. The fraction of sp³-hybridized carbons (Fsp3) is 0.769. The Morgan fingerprint density at radius 3 is 2.48 bits per heavy atom. The van der Waals surface area contributed by atoms with Crippen molar-refractivity contribution in [1.82, 2.24) is 20.4 Å². The van der Waals surface area contributed by atoms with Gasteiger partial charge >= 0.3 is 12.0 Å². The fourth-order valence-corrected chi connectivity index (χ4v) is 2.07. The molecule has 1 unspecified atom stereocenters. The van der Waals surface area contributed by atoms with E-state index in [1.807, 2.05) is 6.92 Å². The van der Waals surface area contributed by atoms with Crippen LogP contribution in [-0.4, -0.2) is 78.1 Å². The summed E-state index contributed by atoms with van der Waals surface area (Å²) in [7, 11) is 0. The number of aliphatic carboxylic acids is 1. The summed E-state index contributed by atoms with van der Waals surface area (Å²) in [5.41, 5.74) is 0. The zero-order valence-electron chi connectivity index (χ0n) is 12.6. The molecule has 0 radical (unpaired) electrons. The van der Waals surface area contributed by atoms with Gasteiger partial charge in [0, 0.05) is 32.2 Å². The van der Waals surface area contributed by atoms with Gasteiger partial charge in [0.1, 0.15) is 6.54 Å². The van der Waals surface area contributed by atoms with Gasteiger partial charge in [0.05, 0.1) is 6.54 Å². The number of nitrogens with zero attached hydrogens (tertiary/aromatic N) is 2. The Kier molecular flexibility index (Phi) is 6.93. The third kappa shape index (κ3) is 5.58. The van der Waals surface area contributed by atoms with Gasteiger partial charge in [-0.15, -0.1) is 0 Å². The number of nitrogens with one attached hydrogen (secondary N) is 2. The molecule has 3 amide bonds. The molecule has 1 heterocycles. The molecule has 0 spiro atoms. The van der Waals surface area contributed by atoms with Gasteiger partial charge in [0.25, 0.3) is 0 Å². The fourth-order valence-electron chi connectivity index (χ4n) is 2.07. The zero-order chi connectivity index (χ0) is 15.8. The van der Waals surface area contributed by atoms with Crippen LogP contribution < -0.4 is 10.6 Å². The summed E-state index contributed by atoms with van der Waals surface area (Å²) >= 11 is 0. The molecular formula is C13H24N4O4. The van der Waals surface area contributed by atoms with Crippen molar-refractivity contribution in [3.63, 3.8) is 0 Å². The maximum Gasteiger partial charge on any atom is 0.323 e. The first-order valence-electron chi connectivity index (χ1n) is 7.20. The molecule has 0 aliphatic carbocycles. The van der Waals surface area contributed by atoms with Crippen molar-refractivity contribution in [2.45, 2.75) is 26.3 Å². The van der Waals surface area contributed by atoms with Crippen molar-refractivity contribution >= 4 is 17.9 Å². The molecule has 0 bridgehead atoms. The molecular weight excluding hydrogens is 276 g/mol. The second kappa shape index (κ2) is 8.46. The lowest BCUT2D eigenvalue weighted by molar-refractivity contribution is -0.138. The summed E-state index contributed by atoms with van der Waals surface area (Å²) in [6.07, 6.45) is 0.645. The standard InChI is InChI=1S/C13H24N4O4/c1-3-10(2)17(9-12(19)20)13(21)15-8-11(18)16-6-4-14-5-7-16/h10,14H,3-9H2,1-2H3,(H,15,21)(H,19,20). The van der Waals surface area contributed by atoms with E-state index >= 15 is 0 Å². The van der Waals surface area contributed by atoms with Crippen LogP contribution in [0.25, 0.3) is 0 Å². The first-order valence-corrected chi connectivity index (χ1v) is 7.20. The van der Waals surface area contributed by atoms with Gasteiger partial charge in [-0.25, -0.2) is 4.79 Å². The normalized spacial score (nSPS) is 16.2. The van der Waals surface area contributed by atoms with E-state index in [2.05, 4.69) is 10.6 Å². The molecule has 0 aromatic heterocycles. The monoisotopic (exact) mass is 300 g/mol. The molecule has 1 aliphatic heterocycles. The second-order valence-corrected chi connectivity index (χ2v) is 5.07. The minimum atomic E-state index is -1.07. The molecule has 1 aliphatic rings. The number of amides is 3. The summed E-state index contributed by atoms with van der Waals surface area (Å²) in [6.45, 7) is 5.92. The molecule has 1 fully saturated rings. The Morgan fingerprint density at radius 1 is 1.33 bits per heavy atom. The SMILES string of the molecule is CCC(C)N(CC(=O)O)C(=O)NCC(=O)N1CCNCC1. The Balaban J connectivity index is 2.48. The molecule has 1 saturated heterocycles. The number of carboxylic acids is 1. The lowest BCUT2D eigenvalue weighted by Crippen LogP contribution is -2.52. The van der Waals surface area contributed by atoms with Crippen molar-refractivity contribution in [3.05, 3.63) is 0 Å². The van der Waals surface area contributed by atoms with Gasteiger partial charge < -0.3 is 25.5 Å². The van der Waals surface area contributed by atoms with Crippen LogP contribution >= 0.6 is 0 Å². The zero-order valence-corrected chi connectivity index (χ0v) is 12.6. The van der Waals surface area contributed by atoms with Gasteiger partial charge in [0.15, 0.2) is 0 Å². The number of hydrogen-bond donors (Lipinski definition) is 3. The van der Waals surface area contributed by atoms with Crippen molar-refractivity contribution in [1.29, 1.82) is 0 Å². The number of carboxylic acid groups (broad SMARTS) is 1. The quantitative estimate of drug-likeness (QED) is 0.603. The van der Waals surface area contributed by atoms with E-state index in [-0.39, 0.29) is 25.0 Å². The molecule has 3 N–H and O–H groups in total. The Labute approximate surface area is 124 Å². The van der Waals surface area contributed by atoms with E-state index in [9.17, 15) is 14.4 Å². The predicted molar refractivity (Wildman–Crippen MR) is 76.9 cm³/mol. The van der Waals surface area contributed by atoms with Crippen LogP contribution in [0, 0.1) is 0 Å². The van der Waals surface area contributed by atoms with Crippen molar-refractivity contribution in [2.75, 3.05) is 39.3 Å². The van der Waals surface area contributed by atoms with Crippen LogP contribution in [0.1, 0.15) is 20.3 Å². The molecule has 21 heavy (non-hydrogen) atoms. The van der Waals surface area contributed by atoms with Crippen molar-refractivity contribution in [3.8, 4) is 0 Å². The number of carbonyl (C=O) groups is 3. The lowest BCUT2D eigenvalue weighted by atomic mass is 10.2. The van der Waals surface area contributed by atoms with Crippen LogP contribution in [0.2, 0.25) is 0 Å². The minimum absolute atomic E-state index is 0.106.